The van der Waals surface area contributed by atoms with E-state index in [9.17, 15) is 14.7 Å². The van der Waals surface area contributed by atoms with Crippen LogP contribution in [0.25, 0.3) is 0 Å². The Kier molecular flexibility index (Phi) is 5.46. The molecule has 1 saturated heterocycles. The van der Waals surface area contributed by atoms with Gasteiger partial charge in [-0.05, 0) is 112 Å². The standard InChI is InChI=1S/C28H42N2O4/c1-26-10-7-19(30-25(32)23-4-3-13-29-23)15-18(26)5-6-22-21(26)8-11-27(2)20(9-12-28(22,27)33)17-14-24(31)34-16-17/h14,18-23,29,33H,3-13,15-16H2,1-2H3,(H,30,32)/t18-,19+,20-,21+,22-,23+,26+,27-,28+/m1/s1. The van der Waals surface area contributed by atoms with Crippen molar-refractivity contribution in [2.24, 2.45) is 34.5 Å². The minimum atomic E-state index is -0.653. The van der Waals surface area contributed by atoms with Crippen LogP contribution in [0.5, 0.6) is 0 Å². The van der Waals surface area contributed by atoms with E-state index in [0.717, 1.165) is 82.7 Å². The summed E-state index contributed by atoms with van der Waals surface area (Å²) < 4.78 is 5.25. The van der Waals surface area contributed by atoms with Crippen LogP contribution in [-0.4, -0.2) is 47.8 Å². The summed E-state index contributed by atoms with van der Waals surface area (Å²) in [6, 6.07) is 0.296. The zero-order chi connectivity index (χ0) is 23.7. The van der Waals surface area contributed by atoms with Gasteiger partial charge >= 0.3 is 5.97 Å². The van der Waals surface area contributed by atoms with Crippen LogP contribution in [-0.2, 0) is 14.3 Å². The van der Waals surface area contributed by atoms with E-state index in [4.69, 9.17) is 4.74 Å². The first-order valence-corrected chi connectivity index (χ1v) is 13.9. The average molecular weight is 471 g/mol. The molecule has 1 amide bonds. The predicted molar refractivity (Wildman–Crippen MR) is 129 cm³/mol. The third-order valence-electron chi connectivity index (χ3n) is 11.7. The fourth-order valence-corrected chi connectivity index (χ4v) is 9.75. The molecule has 3 N–H and O–H groups in total. The summed E-state index contributed by atoms with van der Waals surface area (Å²) in [5.74, 6) is 1.74. The molecule has 0 bridgehead atoms. The largest absolute Gasteiger partial charge is 0.458 e. The highest BCUT2D eigenvalue weighted by molar-refractivity contribution is 5.85. The Morgan fingerprint density at radius 1 is 1.09 bits per heavy atom. The Morgan fingerprint density at radius 2 is 1.94 bits per heavy atom. The third-order valence-corrected chi connectivity index (χ3v) is 11.7. The maximum absolute atomic E-state index is 12.7. The lowest BCUT2D eigenvalue weighted by atomic mass is 9.43. The number of nitrogens with one attached hydrogen (secondary N) is 2. The molecular formula is C28H42N2O4. The van der Waals surface area contributed by atoms with Crippen LogP contribution < -0.4 is 10.6 Å². The summed E-state index contributed by atoms with van der Waals surface area (Å²) >= 11 is 0. The second-order valence-corrected chi connectivity index (χ2v) is 12.9. The van der Waals surface area contributed by atoms with Crippen molar-refractivity contribution >= 4 is 11.9 Å². The fourth-order valence-electron chi connectivity index (χ4n) is 9.75. The first-order valence-electron chi connectivity index (χ1n) is 13.9. The Balaban J connectivity index is 1.18. The second kappa shape index (κ2) is 8.06. The Morgan fingerprint density at radius 3 is 2.68 bits per heavy atom. The van der Waals surface area contributed by atoms with E-state index in [1.54, 1.807) is 6.08 Å². The predicted octanol–water partition coefficient (Wildman–Crippen LogP) is 3.48. The minimum absolute atomic E-state index is 0.000281. The summed E-state index contributed by atoms with van der Waals surface area (Å²) in [7, 11) is 0. The van der Waals surface area contributed by atoms with E-state index in [1.165, 1.54) is 0 Å². The van der Waals surface area contributed by atoms with Crippen LogP contribution in [0.1, 0.15) is 84.5 Å². The van der Waals surface area contributed by atoms with Crippen molar-refractivity contribution in [2.75, 3.05) is 13.2 Å². The number of ether oxygens (including phenoxy) is 1. The van der Waals surface area contributed by atoms with Gasteiger partial charge in [0.15, 0.2) is 0 Å². The summed E-state index contributed by atoms with van der Waals surface area (Å²) in [6.07, 6.45) is 13.3. The van der Waals surface area contributed by atoms with Crippen molar-refractivity contribution in [3.8, 4) is 0 Å². The van der Waals surface area contributed by atoms with E-state index in [2.05, 4.69) is 24.5 Å². The topological polar surface area (TPSA) is 87.7 Å². The number of hydrogen-bond donors (Lipinski definition) is 3. The molecule has 6 rings (SSSR count). The van der Waals surface area contributed by atoms with Crippen molar-refractivity contribution in [2.45, 2.75) is 102 Å². The van der Waals surface area contributed by atoms with Crippen LogP contribution in [0, 0.1) is 34.5 Å². The van der Waals surface area contributed by atoms with Gasteiger partial charge in [-0.25, -0.2) is 4.79 Å². The van der Waals surface area contributed by atoms with E-state index in [-0.39, 0.29) is 34.7 Å². The fraction of sp³-hybridized carbons (Fsp3) is 0.857. The molecule has 34 heavy (non-hydrogen) atoms. The highest BCUT2D eigenvalue weighted by Crippen LogP contribution is 2.69. The maximum Gasteiger partial charge on any atom is 0.331 e. The Bertz CT molecular complexity index is 897. The smallest absolute Gasteiger partial charge is 0.331 e. The number of carbonyl (C=O) groups is 2. The zero-order valence-electron chi connectivity index (χ0n) is 20.9. The summed E-state index contributed by atoms with van der Waals surface area (Å²) in [5, 5.41) is 19.1. The van der Waals surface area contributed by atoms with Crippen LogP contribution in [0.4, 0.5) is 0 Å². The second-order valence-electron chi connectivity index (χ2n) is 12.9. The molecule has 0 spiro atoms. The first kappa shape index (κ1) is 23.0. The van der Waals surface area contributed by atoms with E-state index < -0.39 is 5.60 Å². The maximum atomic E-state index is 12.7. The molecule has 5 fully saturated rings. The number of cyclic esters (lactones) is 1. The Labute approximate surface area is 203 Å². The van der Waals surface area contributed by atoms with Gasteiger partial charge in [-0.1, -0.05) is 13.8 Å². The molecule has 4 saturated carbocycles. The highest BCUT2D eigenvalue weighted by atomic mass is 16.5. The van der Waals surface area contributed by atoms with Crippen molar-refractivity contribution < 1.29 is 19.4 Å². The van der Waals surface area contributed by atoms with Crippen molar-refractivity contribution in [3.05, 3.63) is 11.6 Å². The quantitative estimate of drug-likeness (QED) is 0.550. The molecule has 2 aliphatic heterocycles. The first-order chi connectivity index (χ1) is 16.2. The van der Waals surface area contributed by atoms with Gasteiger partial charge in [0.1, 0.15) is 6.61 Å². The Hall–Kier alpha value is -1.40. The molecule has 2 heterocycles. The molecule has 0 aromatic carbocycles. The van der Waals surface area contributed by atoms with Crippen LogP contribution >= 0.6 is 0 Å². The molecule has 0 aromatic heterocycles. The lowest BCUT2D eigenvalue weighted by molar-refractivity contribution is -0.205. The van der Waals surface area contributed by atoms with Crippen molar-refractivity contribution in [3.63, 3.8) is 0 Å². The average Bonchev–Trinajstić information content (AvgIpc) is 3.54. The van der Waals surface area contributed by atoms with Gasteiger partial charge in [0, 0.05) is 17.5 Å². The molecular weight excluding hydrogens is 428 g/mol. The van der Waals surface area contributed by atoms with Crippen LogP contribution in [0.15, 0.2) is 11.6 Å². The van der Waals surface area contributed by atoms with Crippen molar-refractivity contribution in [1.29, 1.82) is 0 Å². The SMILES string of the molecule is C[C@]12CC[C@H](NC(=O)[C@@H]3CCCN3)C[C@H]1CC[C@@H]1[C@@H]2CC[C@]2(C)[C@@H](C3=CC(=O)OC3)CC[C@]12O. The molecule has 6 aliphatic rings. The third kappa shape index (κ3) is 3.27. The highest BCUT2D eigenvalue weighted by Gasteiger charge is 2.67. The van der Waals surface area contributed by atoms with Gasteiger partial charge < -0.3 is 20.5 Å². The molecule has 4 aliphatic carbocycles. The van der Waals surface area contributed by atoms with E-state index >= 15 is 0 Å². The number of amides is 1. The number of hydrogen-bond acceptors (Lipinski definition) is 5. The zero-order valence-corrected chi connectivity index (χ0v) is 20.9. The molecule has 0 aromatic rings. The van der Waals surface area contributed by atoms with Gasteiger partial charge in [0.2, 0.25) is 5.91 Å². The molecule has 0 radical (unpaired) electrons. The van der Waals surface area contributed by atoms with Crippen LogP contribution in [0.2, 0.25) is 0 Å². The van der Waals surface area contributed by atoms with Gasteiger partial charge in [-0.15, -0.1) is 0 Å². The number of rotatable bonds is 3. The number of carbonyl (C=O) groups excluding carboxylic acids is 2. The normalized spacial score (nSPS) is 50.1. The summed E-state index contributed by atoms with van der Waals surface area (Å²) in [4.78, 5) is 24.5. The van der Waals surface area contributed by atoms with E-state index in [1.807, 2.05) is 0 Å². The molecule has 6 heteroatoms. The van der Waals surface area contributed by atoms with E-state index in [0.29, 0.717) is 30.4 Å². The molecule has 188 valence electrons. The summed E-state index contributed by atoms with van der Waals surface area (Å²) in [6.45, 7) is 6.15. The molecule has 9 atom stereocenters. The van der Waals surface area contributed by atoms with Gasteiger partial charge in [-0.3, -0.25) is 4.79 Å². The van der Waals surface area contributed by atoms with Gasteiger partial charge in [0.05, 0.1) is 11.6 Å². The van der Waals surface area contributed by atoms with Crippen LogP contribution in [0.3, 0.4) is 0 Å². The van der Waals surface area contributed by atoms with Crippen molar-refractivity contribution in [1.82, 2.24) is 10.6 Å². The number of aliphatic hydroxyl groups is 1. The lowest BCUT2D eigenvalue weighted by Gasteiger charge is -2.64. The molecule has 6 nitrogen and oxygen atoms in total. The van der Waals surface area contributed by atoms with Gasteiger partial charge in [0.25, 0.3) is 0 Å². The number of esters is 1. The monoisotopic (exact) mass is 470 g/mol. The molecule has 0 unspecified atom stereocenters. The van der Waals surface area contributed by atoms with Gasteiger partial charge in [-0.2, -0.15) is 0 Å². The summed E-state index contributed by atoms with van der Waals surface area (Å²) in [5.41, 5.74) is 0.530. The minimum Gasteiger partial charge on any atom is -0.458 e. The number of fused-ring (bicyclic) bond motifs is 5. The lowest BCUT2D eigenvalue weighted by Crippen LogP contribution is -2.63.